The Bertz CT molecular complexity index is 507. The molecule has 1 amide bonds. The van der Waals surface area contributed by atoms with E-state index in [0.717, 1.165) is 32.1 Å². The van der Waals surface area contributed by atoms with Crippen molar-refractivity contribution < 1.29 is 4.79 Å². The Morgan fingerprint density at radius 2 is 2.00 bits per heavy atom. The molecule has 0 aliphatic heterocycles. The summed E-state index contributed by atoms with van der Waals surface area (Å²) in [5, 5.41) is 3.02. The number of hydrogen-bond donors (Lipinski definition) is 2. The molecule has 1 aromatic carbocycles. The standard InChI is InChI=1S/C16H22N2OS/c1-12-6-2-3-7-13(12)8-11-18-15(19)16(14(17)20)9-4-5-10-16/h2-3,6-7H,4-5,8-11H2,1H3,(H2,17,20)(H,18,19). The van der Waals surface area contributed by atoms with Gasteiger partial charge in [0.05, 0.1) is 10.4 Å². The van der Waals surface area contributed by atoms with Gasteiger partial charge in [-0.2, -0.15) is 0 Å². The minimum Gasteiger partial charge on any atom is -0.392 e. The van der Waals surface area contributed by atoms with E-state index in [1.807, 2.05) is 12.1 Å². The molecule has 1 saturated carbocycles. The highest BCUT2D eigenvalue weighted by molar-refractivity contribution is 7.80. The van der Waals surface area contributed by atoms with E-state index in [4.69, 9.17) is 18.0 Å². The van der Waals surface area contributed by atoms with Crippen LogP contribution in [-0.4, -0.2) is 17.4 Å². The normalized spacial score (nSPS) is 16.9. The number of rotatable bonds is 5. The molecule has 1 aromatic rings. The maximum absolute atomic E-state index is 12.4. The second-order valence-electron chi connectivity index (χ2n) is 5.59. The van der Waals surface area contributed by atoms with Gasteiger partial charge < -0.3 is 11.1 Å². The summed E-state index contributed by atoms with van der Waals surface area (Å²) in [5.74, 6) is 0.0103. The Balaban J connectivity index is 1.92. The van der Waals surface area contributed by atoms with Gasteiger partial charge in [-0.1, -0.05) is 49.3 Å². The molecule has 0 bridgehead atoms. The van der Waals surface area contributed by atoms with Crippen molar-refractivity contribution in [3.05, 3.63) is 35.4 Å². The lowest BCUT2D eigenvalue weighted by Gasteiger charge is -2.26. The average Bonchev–Trinajstić information content (AvgIpc) is 2.91. The molecule has 0 aromatic heterocycles. The number of carbonyl (C=O) groups is 1. The van der Waals surface area contributed by atoms with Crippen molar-refractivity contribution >= 4 is 23.1 Å². The first-order valence-corrected chi connectivity index (χ1v) is 7.60. The Morgan fingerprint density at radius 3 is 2.60 bits per heavy atom. The molecule has 4 heteroatoms. The highest BCUT2D eigenvalue weighted by Crippen LogP contribution is 2.38. The zero-order chi connectivity index (χ0) is 14.6. The topological polar surface area (TPSA) is 55.1 Å². The number of thiocarbonyl (C=S) groups is 1. The van der Waals surface area contributed by atoms with Crippen molar-refractivity contribution in [2.45, 2.75) is 39.0 Å². The summed E-state index contributed by atoms with van der Waals surface area (Å²) in [6.07, 6.45) is 4.48. The number of carbonyl (C=O) groups excluding carboxylic acids is 1. The van der Waals surface area contributed by atoms with Gasteiger partial charge in [-0.3, -0.25) is 4.79 Å². The lowest BCUT2D eigenvalue weighted by Crippen LogP contribution is -2.47. The van der Waals surface area contributed by atoms with E-state index in [0.29, 0.717) is 11.5 Å². The van der Waals surface area contributed by atoms with Crippen LogP contribution in [0.4, 0.5) is 0 Å². The Morgan fingerprint density at radius 1 is 1.35 bits per heavy atom. The molecule has 2 rings (SSSR count). The summed E-state index contributed by atoms with van der Waals surface area (Å²) >= 11 is 5.13. The fourth-order valence-electron chi connectivity index (χ4n) is 2.93. The number of benzene rings is 1. The van der Waals surface area contributed by atoms with E-state index in [9.17, 15) is 4.79 Å². The number of nitrogens with one attached hydrogen (secondary N) is 1. The predicted molar refractivity (Wildman–Crippen MR) is 85.6 cm³/mol. The third-order valence-electron chi connectivity index (χ3n) is 4.30. The summed E-state index contributed by atoms with van der Waals surface area (Å²) in [5.41, 5.74) is 7.74. The van der Waals surface area contributed by atoms with Crippen LogP contribution < -0.4 is 11.1 Å². The van der Waals surface area contributed by atoms with Crippen LogP contribution in [0.15, 0.2) is 24.3 Å². The van der Waals surface area contributed by atoms with E-state index in [1.54, 1.807) is 0 Å². The fraction of sp³-hybridized carbons (Fsp3) is 0.500. The van der Waals surface area contributed by atoms with Gasteiger partial charge in [0.25, 0.3) is 0 Å². The van der Waals surface area contributed by atoms with Crippen LogP contribution in [0, 0.1) is 12.3 Å². The lowest BCUT2D eigenvalue weighted by molar-refractivity contribution is -0.127. The monoisotopic (exact) mass is 290 g/mol. The van der Waals surface area contributed by atoms with Gasteiger partial charge in [0, 0.05) is 6.54 Å². The Hall–Kier alpha value is -1.42. The lowest BCUT2D eigenvalue weighted by atomic mass is 9.85. The molecule has 1 fully saturated rings. The predicted octanol–water partition coefficient (Wildman–Crippen LogP) is 2.50. The highest BCUT2D eigenvalue weighted by Gasteiger charge is 2.43. The number of aryl methyl sites for hydroxylation is 1. The Labute approximate surface area is 125 Å². The van der Waals surface area contributed by atoms with Crippen molar-refractivity contribution in [1.29, 1.82) is 0 Å². The SMILES string of the molecule is Cc1ccccc1CCNC(=O)C1(C(N)=S)CCCC1. The second-order valence-corrected chi connectivity index (χ2v) is 6.03. The van der Waals surface area contributed by atoms with Crippen molar-refractivity contribution in [2.75, 3.05) is 6.54 Å². The Kier molecular flexibility index (Phi) is 4.76. The molecule has 0 heterocycles. The minimum absolute atomic E-state index is 0.0103. The van der Waals surface area contributed by atoms with Gasteiger partial charge in [-0.25, -0.2) is 0 Å². The zero-order valence-corrected chi connectivity index (χ0v) is 12.8. The minimum atomic E-state index is -0.596. The van der Waals surface area contributed by atoms with Crippen molar-refractivity contribution in [3.63, 3.8) is 0 Å². The first-order chi connectivity index (χ1) is 9.56. The molecule has 0 spiro atoms. The fourth-order valence-corrected chi connectivity index (χ4v) is 3.23. The molecule has 1 aliphatic rings. The van der Waals surface area contributed by atoms with Gasteiger partial charge >= 0.3 is 0 Å². The quantitative estimate of drug-likeness (QED) is 0.819. The van der Waals surface area contributed by atoms with E-state index in [-0.39, 0.29) is 5.91 Å². The van der Waals surface area contributed by atoms with Gasteiger partial charge in [-0.05, 0) is 37.3 Å². The summed E-state index contributed by atoms with van der Waals surface area (Å²) < 4.78 is 0. The van der Waals surface area contributed by atoms with Gasteiger partial charge in [0.1, 0.15) is 0 Å². The summed E-state index contributed by atoms with van der Waals surface area (Å²) in [6, 6.07) is 8.24. The van der Waals surface area contributed by atoms with Crippen LogP contribution in [0.25, 0.3) is 0 Å². The number of hydrogen-bond acceptors (Lipinski definition) is 2. The third kappa shape index (κ3) is 3.01. The van der Waals surface area contributed by atoms with E-state index >= 15 is 0 Å². The molecule has 0 radical (unpaired) electrons. The van der Waals surface area contributed by atoms with Crippen LogP contribution in [0.5, 0.6) is 0 Å². The molecule has 0 saturated heterocycles. The largest absolute Gasteiger partial charge is 0.392 e. The van der Waals surface area contributed by atoms with Crippen LogP contribution in [-0.2, 0) is 11.2 Å². The summed E-state index contributed by atoms with van der Waals surface area (Å²) in [6.45, 7) is 2.72. The highest BCUT2D eigenvalue weighted by atomic mass is 32.1. The maximum Gasteiger partial charge on any atom is 0.233 e. The molecule has 1 aliphatic carbocycles. The van der Waals surface area contributed by atoms with Crippen LogP contribution in [0.1, 0.15) is 36.8 Å². The summed E-state index contributed by atoms with van der Waals surface area (Å²) in [4.78, 5) is 12.8. The first kappa shape index (κ1) is 15.0. The zero-order valence-electron chi connectivity index (χ0n) is 11.9. The molecular formula is C16H22N2OS. The number of amides is 1. The molecule has 0 atom stereocenters. The molecule has 3 nitrogen and oxygen atoms in total. The van der Waals surface area contributed by atoms with Crippen LogP contribution >= 0.6 is 12.2 Å². The molecule has 3 N–H and O–H groups in total. The van der Waals surface area contributed by atoms with Crippen LogP contribution in [0.2, 0.25) is 0 Å². The van der Waals surface area contributed by atoms with Gasteiger partial charge in [0.15, 0.2) is 0 Å². The molecule has 0 unspecified atom stereocenters. The maximum atomic E-state index is 12.4. The average molecular weight is 290 g/mol. The molecule has 108 valence electrons. The first-order valence-electron chi connectivity index (χ1n) is 7.19. The van der Waals surface area contributed by atoms with Crippen LogP contribution in [0.3, 0.4) is 0 Å². The number of nitrogens with two attached hydrogens (primary N) is 1. The smallest absolute Gasteiger partial charge is 0.233 e. The van der Waals surface area contributed by atoms with Crippen molar-refractivity contribution in [2.24, 2.45) is 11.1 Å². The van der Waals surface area contributed by atoms with E-state index in [2.05, 4.69) is 24.4 Å². The van der Waals surface area contributed by atoms with E-state index in [1.165, 1.54) is 11.1 Å². The van der Waals surface area contributed by atoms with Gasteiger partial charge in [-0.15, -0.1) is 0 Å². The molecule has 20 heavy (non-hydrogen) atoms. The third-order valence-corrected chi connectivity index (χ3v) is 4.70. The molecular weight excluding hydrogens is 268 g/mol. The summed E-state index contributed by atoms with van der Waals surface area (Å²) in [7, 11) is 0. The van der Waals surface area contributed by atoms with Crippen molar-refractivity contribution in [3.8, 4) is 0 Å². The van der Waals surface area contributed by atoms with Gasteiger partial charge in [0.2, 0.25) is 5.91 Å². The van der Waals surface area contributed by atoms with E-state index < -0.39 is 5.41 Å². The van der Waals surface area contributed by atoms with Crippen molar-refractivity contribution in [1.82, 2.24) is 5.32 Å². The second kappa shape index (κ2) is 6.35.